The third kappa shape index (κ3) is 4.53. The molecular formula is C27H28N2O2. The Bertz CT molecular complexity index is 1090. The van der Waals surface area contributed by atoms with Crippen LogP contribution in [0.4, 0.5) is 5.69 Å². The maximum absolute atomic E-state index is 13.1. The third-order valence-electron chi connectivity index (χ3n) is 5.95. The summed E-state index contributed by atoms with van der Waals surface area (Å²) in [5.41, 5.74) is 5.94. The minimum absolute atomic E-state index is 0.0266. The molecule has 0 fully saturated rings. The maximum Gasteiger partial charge on any atom is 0.258 e. The van der Waals surface area contributed by atoms with Crippen LogP contribution in [-0.2, 0) is 17.8 Å². The zero-order valence-corrected chi connectivity index (χ0v) is 18.1. The summed E-state index contributed by atoms with van der Waals surface area (Å²) in [6.07, 6.45) is 1.60. The molecule has 0 saturated heterocycles. The fourth-order valence-electron chi connectivity index (χ4n) is 4.25. The second-order valence-corrected chi connectivity index (χ2v) is 8.13. The summed E-state index contributed by atoms with van der Waals surface area (Å²) in [4.78, 5) is 27.7. The average molecular weight is 413 g/mol. The molecule has 1 N–H and O–H groups in total. The molecule has 0 aliphatic carbocycles. The molecule has 1 heterocycles. The number of hydrogen-bond acceptors (Lipinski definition) is 2. The van der Waals surface area contributed by atoms with Crippen LogP contribution >= 0.6 is 0 Å². The number of aryl methyl sites for hydroxylation is 1. The Kier molecular flexibility index (Phi) is 6.17. The van der Waals surface area contributed by atoms with Gasteiger partial charge >= 0.3 is 0 Å². The zero-order valence-electron chi connectivity index (χ0n) is 18.1. The van der Waals surface area contributed by atoms with Crippen molar-refractivity contribution in [3.8, 4) is 0 Å². The number of anilines is 1. The minimum Gasteiger partial charge on any atom is -0.351 e. The molecule has 0 radical (unpaired) electrons. The highest BCUT2D eigenvalue weighted by Gasteiger charge is 2.26. The third-order valence-corrected chi connectivity index (χ3v) is 5.95. The van der Waals surface area contributed by atoms with Gasteiger partial charge in [-0.3, -0.25) is 9.59 Å². The van der Waals surface area contributed by atoms with Crippen molar-refractivity contribution in [2.75, 3.05) is 11.4 Å². The highest BCUT2D eigenvalue weighted by molar-refractivity contribution is 6.07. The summed E-state index contributed by atoms with van der Waals surface area (Å²) in [5, 5.41) is 3.08. The highest BCUT2D eigenvalue weighted by atomic mass is 16.2. The van der Waals surface area contributed by atoms with E-state index in [9.17, 15) is 9.59 Å². The molecule has 3 aromatic rings. The van der Waals surface area contributed by atoms with Gasteiger partial charge < -0.3 is 10.2 Å². The van der Waals surface area contributed by atoms with Crippen LogP contribution in [0.2, 0.25) is 0 Å². The first-order valence-corrected chi connectivity index (χ1v) is 10.9. The van der Waals surface area contributed by atoms with Crippen LogP contribution in [0.3, 0.4) is 0 Å². The van der Waals surface area contributed by atoms with Gasteiger partial charge in [-0.15, -0.1) is 0 Å². The van der Waals surface area contributed by atoms with Gasteiger partial charge in [-0.2, -0.15) is 0 Å². The topological polar surface area (TPSA) is 49.4 Å². The van der Waals surface area contributed by atoms with Crippen LogP contribution in [-0.4, -0.2) is 18.4 Å². The van der Waals surface area contributed by atoms with Gasteiger partial charge in [0.1, 0.15) is 0 Å². The van der Waals surface area contributed by atoms with Crippen LogP contribution in [0.5, 0.6) is 0 Å². The summed E-state index contributed by atoms with van der Waals surface area (Å²) in [6.45, 7) is 5.15. The molecule has 4 heteroatoms. The number of carbonyl (C=O) groups is 2. The lowest BCUT2D eigenvalue weighted by Crippen LogP contribution is -2.30. The molecule has 0 spiro atoms. The fourth-order valence-corrected chi connectivity index (χ4v) is 4.25. The SMILES string of the molecule is CC[C@@H](C(=O)NCc1ccc2c(c1)N(C(=O)c1cccc(C)c1)CC2)c1ccccc1. The first-order valence-electron chi connectivity index (χ1n) is 10.9. The summed E-state index contributed by atoms with van der Waals surface area (Å²) in [5.74, 6) is -0.101. The molecule has 0 bridgehead atoms. The summed E-state index contributed by atoms with van der Waals surface area (Å²) in [7, 11) is 0. The second-order valence-electron chi connectivity index (χ2n) is 8.13. The van der Waals surface area contributed by atoms with E-state index in [2.05, 4.69) is 11.4 Å². The van der Waals surface area contributed by atoms with E-state index in [0.29, 0.717) is 18.7 Å². The molecule has 1 atom stereocenters. The molecule has 1 aliphatic heterocycles. The Hall–Kier alpha value is -3.40. The van der Waals surface area contributed by atoms with Gasteiger partial charge in [0, 0.05) is 24.3 Å². The van der Waals surface area contributed by atoms with Crippen LogP contribution < -0.4 is 10.2 Å². The minimum atomic E-state index is -0.157. The number of rotatable bonds is 6. The molecule has 3 aromatic carbocycles. The molecule has 4 nitrogen and oxygen atoms in total. The second kappa shape index (κ2) is 9.17. The van der Waals surface area contributed by atoms with Crippen molar-refractivity contribution in [1.29, 1.82) is 0 Å². The van der Waals surface area contributed by atoms with Crippen LogP contribution in [0, 0.1) is 6.92 Å². The molecule has 2 amide bonds. The molecule has 0 unspecified atom stereocenters. The summed E-state index contributed by atoms with van der Waals surface area (Å²) >= 11 is 0. The first kappa shape index (κ1) is 20.9. The van der Waals surface area contributed by atoms with Crippen LogP contribution in [0.15, 0.2) is 72.8 Å². The van der Waals surface area contributed by atoms with Gasteiger partial charge in [0.05, 0.1) is 5.92 Å². The zero-order chi connectivity index (χ0) is 21.8. The van der Waals surface area contributed by atoms with Crippen LogP contribution in [0.1, 0.15) is 51.9 Å². The predicted molar refractivity (Wildman–Crippen MR) is 124 cm³/mol. The molecule has 158 valence electrons. The number of carbonyl (C=O) groups excluding carboxylic acids is 2. The standard InChI is InChI=1S/C27H28N2O2/c1-3-24(21-9-5-4-6-10-21)26(30)28-18-20-12-13-22-14-15-29(25(22)17-20)27(31)23-11-7-8-19(2)16-23/h4-13,16-17,24H,3,14-15,18H2,1-2H3,(H,28,30)/t24-/m1/s1. The lowest BCUT2D eigenvalue weighted by Gasteiger charge is -2.19. The Morgan fingerprint density at radius 2 is 1.81 bits per heavy atom. The van der Waals surface area contributed by atoms with Crippen molar-refractivity contribution in [3.63, 3.8) is 0 Å². The van der Waals surface area contributed by atoms with E-state index in [4.69, 9.17) is 0 Å². The van der Waals surface area contributed by atoms with E-state index in [1.54, 1.807) is 0 Å². The van der Waals surface area contributed by atoms with E-state index < -0.39 is 0 Å². The van der Waals surface area contributed by atoms with Gasteiger partial charge in [-0.25, -0.2) is 0 Å². The van der Waals surface area contributed by atoms with Gasteiger partial charge in [0.15, 0.2) is 0 Å². The largest absolute Gasteiger partial charge is 0.351 e. The van der Waals surface area contributed by atoms with Gasteiger partial charge in [0.2, 0.25) is 5.91 Å². The molecule has 0 aromatic heterocycles. The Balaban J connectivity index is 1.47. The monoisotopic (exact) mass is 412 g/mol. The van der Waals surface area contributed by atoms with E-state index in [0.717, 1.165) is 35.2 Å². The quantitative estimate of drug-likeness (QED) is 0.619. The number of amides is 2. The first-order chi connectivity index (χ1) is 15.1. The lowest BCUT2D eigenvalue weighted by atomic mass is 9.95. The van der Waals surface area contributed by atoms with E-state index in [-0.39, 0.29) is 17.7 Å². The average Bonchev–Trinajstić information content (AvgIpc) is 3.21. The van der Waals surface area contributed by atoms with E-state index in [1.807, 2.05) is 85.5 Å². The van der Waals surface area contributed by atoms with Crippen molar-refractivity contribution in [1.82, 2.24) is 5.32 Å². The van der Waals surface area contributed by atoms with Crippen molar-refractivity contribution < 1.29 is 9.59 Å². The molecule has 31 heavy (non-hydrogen) atoms. The Morgan fingerprint density at radius 3 is 2.55 bits per heavy atom. The predicted octanol–water partition coefficient (Wildman–Crippen LogP) is 5.01. The number of fused-ring (bicyclic) bond motifs is 1. The number of benzene rings is 3. The van der Waals surface area contributed by atoms with E-state index >= 15 is 0 Å². The Morgan fingerprint density at radius 1 is 1.00 bits per heavy atom. The normalized spacial score (nSPS) is 13.5. The smallest absolute Gasteiger partial charge is 0.258 e. The highest BCUT2D eigenvalue weighted by Crippen LogP contribution is 2.30. The number of hydrogen-bond donors (Lipinski definition) is 1. The van der Waals surface area contributed by atoms with Crippen molar-refractivity contribution in [2.24, 2.45) is 0 Å². The number of nitrogens with one attached hydrogen (secondary N) is 1. The van der Waals surface area contributed by atoms with Crippen molar-refractivity contribution in [3.05, 3.63) is 101 Å². The van der Waals surface area contributed by atoms with Crippen LogP contribution in [0.25, 0.3) is 0 Å². The fraction of sp³-hybridized carbons (Fsp3) is 0.259. The van der Waals surface area contributed by atoms with E-state index in [1.165, 1.54) is 5.56 Å². The Labute approximate surface area is 183 Å². The molecule has 4 rings (SSSR count). The van der Waals surface area contributed by atoms with Crippen molar-refractivity contribution >= 4 is 17.5 Å². The van der Waals surface area contributed by atoms with Gasteiger partial charge in [-0.1, -0.05) is 67.1 Å². The molecule has 1 aliphatic rings. The molecule has 0 saturated carbocycles. The summed E-state index contributed by atoms with van der Waals surface area (Å²) < 4.78 is 0. The number of nitrogens with zero attached hydrogens (tertiary/aromatic N) is 1. The van der Waals surface area contributed by atoms with Crippen molar-refractivity contribution in [2.45, 2.75) is 39.2 Å². The maximum atomic E-state index is 13.1. The molecular weight excluding hydrogens is 384 g/mol. The van der Waals surface area contributed by atoms with Gasteiger partial charge in [-0.05, 0) is 54.7 Å². The summed E-state index contributed by atoms with van der Waals surface area (Å²) in [6, 6.07) is 23.8. The lowest BCUT2D eigenvalue weighted by molar-refractivity contribution is -0.122. The van der Waals surface area contributed by atoms with Gasteiger partial charge in [0.25, 0.3) is 5.91 Å².